The van der Waals surface area contributed by atoms with Crippen LogP contribution in [0, 0.1) is 13.8 Å². The largest absolute Gasteiger partial charge is 0.324 e. The Morgan fingerprint density at radius 3 is 2.50 bits per heavy atom. The van der Waals surface area contributed by atoms with Gasteiger partial charge in [0.1, 0.15) is 6.54 Å². The van der Waals surface area contributed by atoms with Gasteiger partial charge in [0.2, 0.25) is 5.91 Å². The molecule has 0 aromatic heterocycles. The lowest BCUT2D eigenvalue weighted by Gasteiger charge is -2.20. The first-order valence-electron chi connectivity index (χ1n) is 9.90. The van der Waals surface area contributed by atoms with Gasteiger partial charge in [0.25, 0.3) is 11.8 Å². The summed E-state index contributed by atoms with van der Waals surface area (Å²) in [6.07, 6.45) is 0.866. The standard InChI is InChI=1S/C22H23N5O3/c1-4-15-7-9-16(10-8-15)27-21(29)19-20(22(27)30)26(25-24-19)12-18(28)23-17-11-13(2)5-6-14(17)3/h5-11,19-20H,4,12H2,1-3H3,(H,23,28)/t19-,20+/m1/s1. The molecule has 2 atom stereocenters. The van der Waals surface area contributed by atoms with E-state index in [4.69, 9.17) is 0 Å². The number of nitrogens with one attached hydrogen (secondary N) is 1. The number of carbonyl (C=O) groups excluding carboxylic acids is 3. The number of imide groups is 1. The Balaban J connectivity index is 1.49. The number of hydrogen-bond donors (Lipinski definition) is 1. The molecule has 3 amide bonds. The van der Waals surface area contributed by atoms with Gasteiger partial charge >= 0.3 is 0 Å². The number of benzene rings is 2. The van der Waals surface area contributed by atoms with Gasteiger partial charge in [-0.25, -0.2) is 4.90 Å². The number of amides is 3. The Hall–Kier alpha value is -3.55. The van der Waals surface area contributed by atoms with E-state index in [0.717, 1.165) is 28.0 Å². The third kappa shape index (κ3) is 3.45. The van der Waals surface area contributed by atoms with Crippen LogP contribution in [0.3, 0.4) is 0 Å². The van der Waals surface area contributed by atoms with E-state index in [1.54, 1.807) is 12.1 Å². The average Bonchev–Trinajstić information content (AvgIpc) is 3.24. The monoisotopic (exact) mass is 405 g/mol. The van der Waals surface area contributed by atoms with Crippen LogP contribution < -0.4 is 10.2 Å². The highest BCUT2D eigenvalue weighted by molar-refractivity contribution is 6.25. The maximum atomic E-state index is 13.0. The fourth-order valence-electron chi connectivity index (χ4n) is 3.70. The third-order valence-corrected chi connectivity index (χ3v) is 5.43. The van der Waals surface area contributed by atoms with Crippen molar-refractivity contribution < 1.29 is 14.4 Å². The summed E-state index contributed by atoms with van der Waals surface area (Å²) in [7, 11) is 0. The molecule has 2 aromatic carbocycles. The molecule has 2 heterocycles. The second-order valence-corrected chi connectivity index (χ2v) is 7.59. The molecule has 154 valence electrons. The summed E-state index contributed by atoms with van der Waals surface area (Å²) in [5, 5.41) is 12.0. The van der Waals surface area contributed by atoms with Gasteiger partial charge in [-0.2, -0.15) is 5.11 Å². The fraction of sp³-hybridized carbons (Fsp3) is 0.318. The molecule has 0 radical (unpaired) electrons. The molecule has 0 saturated carbocycles. The van der Waals surface area contributed by atoms with Crippen LogP contribution >= 0.6 is 0 Å². The Bertz CT molecular complexity index is 1050. The molecule has 4 rings (SSSR count). The number of hydrogen-bond acceptors (Lipinski definition) is 6. The summed E-state index contributed by atoms with van der Waals surface area (Å²) in [5.74, 6) is -1.16. The van der Waals surface area contributed by atoms with E-state index >= 15 is 0 Å². The zero-order chi connectivity index (χ0) is 21.4. The van der Waals surface area contributed by atoms with Crippen molar-refractivity contribution in [3.63, 3.8) is 0 Å². The van der Waals surface area contributed by atoms with Crippen molar-refractivity contribution in [1.29, 1.82) is 0 Å². The van der Waals surface area contributed by atoms with Crippen LogP contribution in [0.1, 0.15) is 23.6 Å². The van der Waals surface area contributed by atoms with Gasteiger partial charge in [0.15, 0.2) is 12.1 Å². The first-order chi connectivity index (χ1) is 14.4. The highest BCUT2D eigenvalue weighted by Gasteiger charge is 2.55. The van der Waals surface area contributed by atoms with Crippen LogP contribution in [-0.2, 0) is 20.8 Å². The summed E-state index contributed by atoms with van der Waals surface area (Å²) in [6, 6.07) is 11.3. The summed E-state index contributed by atoms with van der Waals surface area (Å²) < 4.78 is 0. The normalized spacial score (nSPS) is 20.1. The summed E-state index contributed by atoms with van der Waals surface area (Å²) in [4.78, 5) is 39.5. The van der Waals surface area contributed by atoms with E-state index in [9.17, 15) is 14.4 Å². The molecule has 1 fully saturated rings. The fourth-order valence-corrected chi connectivity index (χ4v) is 3.70. The Labute approximate surface area is 174 Å². The van der Waals surface area contributed by atoms with E-state index in [2.05, 4.69) is 15.7 Å². The predicted molar refractivity (Wildman–Crippen MR) is 112 cm³/mol. The molecule has 8 heteroatoms. The van der Waals surface area contributed by atoms with Gasteiger partial charge in [-0.15, -0.1) is 0 Å². The number of fused-ring (bicyclic) bond motifs is 1. The maximum Gasteiger partial charge on any atom is 0.263 e. The molecule has 30 heavy (non-hydrogen) atoms. The number of rotatable bonds is 5. The molecular formula is C22H23N5O3. The van der Waals surface area contributed by atoms with Crippen molar-refractivity contribution >= 4 is 29.1 Å². The van der Waals surface area contributed by atoms with Gasteiger partial charge in [-0.3, -0.25) is 19.4 Å². The number of carbonyl (C=O) groups is 3. The highest BCUT2D eigenvalue weighted by Crippen LogP contribution is 2.32. The minimum absolute atomic E-state index is 0.167. The molecule has 2 aromatic rings. The lowest BCUT2D eigenvalue weighted by Crippen LogP contribution is -2.43. The molecule has 2 aliphatic heterocycles. The van der Waals surface area contributed by atoms with E-state index in [0.29, 0.717) is 11.4 Å². The van der Waals surface area contributed by atoms with Crippen LogP contribution in [0.5, 0.6) is 0 Å². The smallest absolute Gasteiger partial charge is 0.263 e. The zero-order valence-electron chi connectivity index (χ0n) is 17.1. The van der Waals surface area contributed by atoms with Crippen LogP contribution in [0.15, 0.2) is 52.8 Å². The van der Waals surface area contributed by atoms with Crippen molar-refractivity contribution in [2.45, 2.75) is 39.3 Å². The van der Waals surface area contributed by atoms with Crippen molar-refractivity contribution in [3.8, 4) is 0 Å². The van der Waals surface area contributed by atoms with Gasteiger partial charge in [0, 0.05) is 5.69 Å². The minimum atomic E-state index is -0.920. The first-order valence-corrected chi connectivity index (χ1v) is 9.90. The third-order valence-electron chi connectivity index (χ3n) is 5.43. The van der Waals surface area contributed by atoms with E-state index < -0.39 is 23.9 Å². The summed E-state index contributed by atoms with van der Waals surface area (Å²) in [5.41, 5.74) is 4.29. The van der Waals surface area contributed by atoms with E-state index in [1.165, 1.54) is 5.01 Å². The lowest BCUT2D eigenvalue weighted by atomic mass is 10.1. The number of aryl methyl sites for hydroxylation is 3. The van der Waals surface area contributed by atoms with E-state index in [1.807, 2.05) is 51.1 Å². The van der Waals surface area contributed by atoms with Crippen LogP contribution in [0.4, 0.5) is 11.4 Å². The zero-order valence-corrected chi connectivity index (χ0v) is 17.1. The molecule has 8 nitrogen and oxygen atoms in total. The Morgan fingerprint density at radius 2 is 1.80 bits per heavy atom. The van der Waals surface area contributed by atoms with Crippen molar-refractivity contribution in [3.05, 3.63) is 59.2 Å². The second kappa shape index (κ2) is 7.70. The van der Waals surface area contributed by atoms with Gasteiger partial charge < -0.3 is 5.32 Å². The first kappa shape index (κ1) is 19.8. The molecule has 0 aliphatic carbocycles. The van der Waals surface area contributed by atoms with Crippen molar-refractivity contribution in [2.75, 3.05) is 16.8 Å². The minimum Gasteiger partial charge on any atom is -0.324 e. The predicted octanol–water partition coefficient (Wildman–Crippen LogP) is 2.80. The SMILES string of the molecule is CCc1ccc(N2C(=O)[C@@H]3[C@@H](N=NN3CC(=O)Nc3cc(C)ccc3C)C2=O)cc1. The quantitative estimate of drug-likeness (QED) is 0.774. The number of nitrogens with zero attached hydrogens (tertiary/aromatic N) is 4. The molecule has 0 unspecified atom stereocenters. The number of anilines is 2. The Kier molecular flexibility index (Phi) is 5.07. The van der Waals surface area contributed by atoms with E-state index in [-0.39, 0.29) is 12.5 Å². The molecular weight excluding hydrogens is 382 g/mol. The van der Waals surface area contributed by atoms with Gasteiger partial charge in [0.05, 0.1) is 5.69 Å². The molecule has 1 saturated heterocycles. The second-order valence-electron chi connectivity index (χ2n) is 7.59. The van der Waals surface area contributed by atoms with Crippen LogP contribution in [0.25, 0.3) is 0 Å². The van der Waals surface area contributed by atoms with Gasteiger partial charge in [-0.05, 0) is 55.2 Å². The average molecular weight is 405 g/mol. The van der Waals surface area contributed by atoms with Crippen LogP contribution in [-0.4, -0.2) is 41.4 Å². The lowest BCUT2D eigenvalue weighted by molar-refractivity contribution is -0.123. The van der Waals surface area contributed by atoms with Gasteiger partial charge in [-0.1, -0.05) is 36.4 Å². The summed E-state index contributed by atoms with van der Waals surface area (Å²) >= 11 is 0. The molecule has 1 N–H and O–H groups in total. The van der Waals surface area contributed by atoms with Crippen molar-refractivity contribution in [1.82, 2.24) is 5.01 Å². The molecule has 2 aliphatic rings. The molecule has 0 spiro atoms. The maximum absolute atomic E-state index is 13.0. The molecule has 0 bridgehead atoms. The van der Waals surface area contributed by atoms with Crippen molar-refractivity contribution in [2.24, 2.45) is 10.3 Å². The topological polar surface area (TPSA) is 94.4 Å². The van der Waals surface area contributed by atoms with Crippen LogP contribution in [0.2, 0.25) is 0 Å². The Morgan fingerprint density at radius 1 is 1.07 bits per heavy atom. The summed E-state index contributed by atoms with van der Waals surface area (Å²) in [6.45, 7) is 5.72. The highest BCUT2D eigenvalue weighted by atomic mass is 16.2.